The first-order valence-electron chi connectivity index (χ1n) is 6.43. The molecule has 0 saturated heterocycles. The molecule has 2 aromatic rings. The van der Waals surface area contributed by atoms with Crippen LogP contribution >= 0.6 is 15.9 Å². The Morgan fingerprint density at radius 1 is 1.43 bits per heavy atom. The Morgan fingerprint density at radius 3 is 2.76 bits per heavy atom. The van der Waals surface area contributed by atoms with Crippen LogP contribution in [0.25, 0.3) is 11.4 Å². The van der Waals surface area contributed by atoms with Crippen molar-refractivity contribution >= 4 is 21.6 Å². The first-order chi connectivity index (χ1) is 10.1. The van der Waals surface area contributed by atoms with E-state index in [-0.39, 0.29) is 5.69 Å². The Bertz CT molecular complexity index is 657. The van der Waals surface area contributed by atoms with E-state index in [2.05, 4.69) is 33.1 Å². The third-order valence-electron chi connectivity index (χ3n) is 3.03. The van der Waals surface area contributed by atoms with E-state index < -0.39 is 4.92 Å². The van der Waals surface area contributed by atoms with Crippen LogP contribution in [0.5, 0.6) is 5.75 Å². The molecule has 112 valence electrons. The summed E-state index contributed by atoms with van der Waals surface area (Å²) in [5, 5.41) is 19.8. The van der Waals surface area contributed by atoms with Crippen molar-refractivity contribution in [2.75, 3.05) is 7.11 Å². The Kier molecular flexibility index (Phi) is 4.89. The Hall–Kier alpha value is -1.96. The topological polar surface area (TPSA) is 83.1 Å². The van der Waals surface area contributed by atoms with Crippen molar-refractivity contribution in [3.8, 4) is 17.1 Å². The summed E-state index contributed by atoms with van der Waals surface area (Å²) in [6.07, 6.45) is 0.931. The van der Waals surface area contributed by atoms with Gasteiger partial charge in [-0.1, -0.05) is 22.9 Å². The van der Waals surface area contributed by atoms with Crippen LogP contribution in [0.1, 0.15) is 19.2 Å². The Labute approximate surface area is 130 Å². The molecule has 0 radical (unpaired) electrons. The molecule has 0 unspecified atom stereocenters. The zero-order chi connectivity index (χ0) is 15.4. The molecule has 2 rings (SSSR count). The maximum absolute atomic E-state index is 10.8. The van der Waals surface area contributed by atoms with Crippen molar-refractivity contribution in [1.82, 2.24) is 14.8 Å². The van der Waals surface area contributed by atoms with Gasteiger partial charge in [-0.05, 0) is 12.5 Å². The first-order valence-corrected chi connectivity index (χ1v) is 7.55. The summed E-state index contributed by atoms with van der Waals surface area (Å²) < 4.78 is 7.25. The number of alkyl halides is 1. The van der Waals surface area contributed by atoms with Gasteiger partial charge in [0, 0.05) is 12.6 Å². The molecular formula is C13H15BrN4O3. The van der Waals surface area contributed by atoms with E-state index in [0.717, 1.165) is 18.8 Å². The smallest absolute Gasteiger partial charge is 0.273 e. The van der Waals surface area contributed by atoms with Crippen molar-refractivity contribution in [3.05, 3.63) is 34.1 Å². The number of nitro benzene ring substituents is 1. The highest BCUT2D eigenvalue weighted by Gasteiger charge is 2.19. The van der Waals surface area contributed by atoms with E-state index in [0.29, 0.717) is 22.5 Å². The zero-order valence-corrected chi connectivity index (χ0v) is 13.3. The van der Waals surface area contributed by atoms with Crippen LogP contribution in [0.3, 0.4) is 0 Å². The Morgan fingerprint density at radius 2 is 2.19 bits per heavy atom. The van der Waals surface area contributed by atoms with Crippen LogP contribution in [-0.4, -0.2) is 26.8 Å². The van der Waals surface area contributed by atoms with Crippen LogP contribution in [0.15, 0.2) is 18.2 Å². The fourth-order valence-corrected chi connectivity index (χ4v) is 2.49. The lowest BCUT2D eigenvalue weighted by atomic mass is 10.1. The number of non-ortho nitro benzene ring substituents is 1. The minimum Gasteiger partial charge on any atom is -0.496 e. The molecule has 0 spiro atoms. The van der Waals surface area contributed by atoms with Crippen molar-refractivity contribution in [1.29, 1.82) is 0 Å². The number of halogens is 1. The standard InChI is InChI=1S/C13H15BrN4O3/c1-3-6-17-12(8-14)15-16-13(17)10-5-4-9(18(19)20)7-11(10)21-2/h4-5,7H,3,6,8H2,1-2H3. The average molecular weight is 355 g/mol. The van der Waals surface area contributed by atoms with Crippen molar-refractivity contribution in [2.24, 2.45) is 0 Å². The minimum atomic E-state index is -0.451. The van der Waals surface area contributed by atoms with E-state index >= 15 is 0 Å². The van der Waals surface area contributed by atoms with Crippen LogP contribution in [0.4, 0.5) is 5.69 Å². The molecule has 1 aromatic heterocycles. The molecule has 0 amide bonds. The van der Waals surface area contributed by atoms with Gasteiger partial charge in [-0.3, -0.25) is 10.1 Å². The third kappa shape index (κ3) is 3.05. The van der Waals surface area contributed by atoms with E-state index in [1.165, 1.54) is 19.2 Å². The molecule has 0 bridgehead atoms. The highest BCUT2D eigenvalue weighted by molar-refractivity contribution is 9.08. The molecule has 21 heavy (non-hydrogen) atoms. The van der Waals surface area contributed by atoms with E-state index in [9.17, 15) is 10.1 Å². The molecule has 8 heteroatoms. The monoisotopic (exact) mass is 354 g/mol. The number of rotatable bonds is 6. The number of nitrogens with zero attached hydrogens (tertiary/aromatic N) is 4. The van der Waals surface area contributed by atoms with Crippen LogP contribution < -0.4 is 4.74 Å². The van der Waals surface area contributed by atoms with Gasteiger partial charge in [0.2, 0.25) is 0 Å². The molecular weight excluding hydrogens is 340 g/mol. The summed E-state index contributed by atoms with van der Waals surface area (Å²) in [6, 6.07) is 4.48. The second-order valence-corrected chi connectivity index (χ2v) is 4.93. The lowest BCUT2D eigenvalue weighted by Crippen LogP contribution is -2.04. The van der Waals surface area contributed by atoms with Gasteiger partial charge < -0.3 is 9.30 Å². The summed E-state index contributed by atoms with van der Waals surface area (Å²) in [6.45, 7) is 2.83. The number of benzene rings is 1. The molecule has 0 fully saturated rings. The largest absolute Gasteiger partial charge is 0.496 e. The summed E-state index contributed by atoms with van der Waals surface area (Å²) in [7, 11) is 1.48. The van der Waals surface area contributed by atoms with Gasteiger partial charge in [0.1, 0.15) is 11.6 Å². The fraction of sp³-hybridized carbons (Fsp3) is 0.385. The molecule has 0 aliphatic heterocycles. The molecule has 0 N–H and O–H groups in total. The summed E-state index contributed by atoms with van der Waals surface area (Å²) >= 11 is 3.39. The van der Waals surface area contributed by atoms with Crippen molar-refractivity contribution in [3.63, 3.8) is 0 Å². The van der Waals surface area contributed by atoms with E-state index in [1.54, 1.807) is 6.07 Å². The van der Waals surface area contributed by atoms with Gasteiger partial charge >= 0.3 is 0 Å². The van der Waals surface area contributed by atoms with E-state index in [1.807, 2.05) is 4.57 Å². The maximum Gasteiger partial charge on any atom is 0.273 e. The molecule has 0 saturated carbocycles. The SMILES string of the molecule is CCCn1c(CBr)nnc1-c1ccc([N+](=O)[O-])cc1OC. The normalized spacial score (nSPS) is 10.6. The predicted octanol–water partition coefficient (Wildman–Crippen LogP) is 3.17. The summed E-state index contributed by atoms with van der Waals surface area (Å²) in [5.74, 6) is 1.88. The number of aromatic nitrogens is 3. The fourth-order valence-electron chi connectivity index (χ4n) is 2.07. The van der Waals surface area contributed by atoms with Crippen LogP contribution in [-0.2, 0) is 11.9 Å². The van der Waals surface area contributed by atoms with Crippen LogP contribution in [0, 0.1) is 10.1 Å². The second-order valence-electron chi connectivity index (χ2n) is 4.37. The van der Waals surface area contributed by atoms with Crippen molar-refractivity contribution in [2.45, 2.75) is 25.2 Å². The highest BCUT2D eigenvalue weighted by atomic mass is 79.9. The number of hydrogen-bond donors (Lipinski definition) is 0. The summed E-state index contributed by atoms with van der Waals surface area (Å²) in [4.78, 5) is 10.4. The third-order valence-corrected chi connectivity index (χ3v) is 3.53. The van der Waals surface area contributed by atoms with Crippen molar-refractivity contribution < 1.29 is 9.66 Å². The number of hydrogen-bond acceptors (Lipinski definition) is 5. The van der Waals surface area contributed by atoms with E-state index in [4.69, 9.17) is 4.74 Å². The number of ether oxygens (including phenoxy) is 1. The first kappa shape index (κ1) is 15.4. The molecule has 0 atom stereocenters. The quantitative estimate of drug-likeness (QED) is 0.452. The van der Waals surface area contributed by atoms with Gasteiger partial charge in [-0.25, -0.2) is 0 Å². The number of nitro groups is 1. The van der Waals surface area contributed by atoms with Crippen LogP contribution in [0.2, 0.25) is 0 Å². The highest BCUT2D eigenvalue weighted by Crippen LogP contribution is 2.32. The molecule has 0 aliphatic rings. The average Bonchev–Trinajstić information content (AvgIpc) is 2.89. The number of methoxy groups -OCH3 is 1. The van der Waals surface area contributed by atoms with Gasteiger partial charge in [-0.15, -0.1) is 10.2 Å². The zero-order valence-electron chi connectivity index (χ0n) is 11.7. The lowest BCUT2D eigenvalue weighted by Gasteiger charge is -2.11. The Balaban J connectivity index is 2.56. The maximum atomic E-state index is 10.8. The lowest BCUT2D eigenvalue weighted by molar-refractivity contribution is -0.384. The van der Waals surface area contributed by atoms with Gasteiger partial charge in [0.25, 0.3) is 5.69 Å². The van der Waals surface area contributed by atoms with Gasteiger partial charge in [0.15, 0.2) is 5.82 Å². The van der Waals surface area contributed by atoms with Gasteiger partial charge in [0.05, 0.1) is 29.0 Å². The molecule has 1 aromatic carbocycles. The minimum absolute atomic E-state index is 0.0159. The molecule has 7 nitrogen and oxygen atoms in total. The summed E-state index contributed by atoms with van der Waals surface area (Å²) in [5.41, 5.74) is 0.675. The second kappa shape index (κ2) is 6.66. The molecule has 1 heterocycles. The molecule has 0 aliphatic carbocycles. The predicted molar refractivity (Wildman–Crippen MR) is 81.6 cm³/mol. The van der Waals surface area contributed by atoms with Gasteiger partial charge in [-0.2, -0.15) is 0 Å².